The SMILES string of the molecule is CCc1ccc(S(=O)(=O)N(C)C(C)(C)CC)cc1CN. The van der Waals surface area contributed by atoms with Gasteiger partial charge in [0, 0.05) is 19.1 Å². The molecule has 0 atom stereocenters. The Bertz CT molecular complexity index is 565. The van der Waals surface area contributed by atoms with E-state index in [9.17, 15) is 8.42 Å². The third-order valence-electron chi connectivity index (χ3n) is 4.15. The van der Waals surface area contributed by atoms with Crippen molar-refractivity contribution in [2.24, 2.45) is 5.73 Å². The van der Waals surface area contributed by atoms with Crippen molar-refractivity contribution >= 4 is 10.0 Å². The summed E-state index contributed by atoms with van der Waals surface area (Å²) in [6.07, 6.45) is 1.60. The summed E-state index contributed by atoms with van der Waals surface area (Å²) >= 11 is 0. The van der Waals surface area contributed by atoms with Crippen LogP contribution in [0.1, 0.15) is 45.2 Å². The molecule has 0 unspecified atom stereocenters. The van der Waals surface area contributed by atoms with E-state index >= 15 is 0 Å². The summed E-state index contributed by atoms with van der Waals surface area (Å²) in [6, 6.07) is 5.24. The highest BCUT2D eigenvalue weighted by atomic mass is 32.2. The standard InChI is InChI=1S/C15H26N2O2S/c1-6-12-8-9-14(10-13(12)11-16)20(18,19)17(5)15(3,4)7-2/h8-10H,6-7,11,16H2,1-5H3. The van der Waals surface area contributed by atoms with Gasteiger partial charge in [0.05, 0.1) is 4.90 Å². The van der Waals surface area contributed by atoms with Gasteiger partial charge in [-0.05, 0) is 49.9 Å². The van der Waals surface area contributed by atoms with Crippen molar-refractivity contribution < 1.29 is 8.42 Å². The van der Waals surface area contributed by atoms with E-state index in [4.69, 9.17) is 5.73 Å². The number of aryl methyl sites for hydroxylation is 1. The molecule has 1 aromatic rings. The van der Waals surface area contributed by atoms with E-state index in [-0.39, 0.29) is 0 Å². The molecule has 0 aliphatic rings. The van der Waals surface area contributed by atoms with Crippen LogP contribution in [0.15, 0.2) is 23.1 Å². The lowest BCUT2D eigenvalue weighted by Gasteiger charge is -2.33. The van der Waals surface area contributed by atoms with Crippen LogP contribution < -0.4 is 5.73 Å². The minimum Gasteiger partial charge on any atom is -0.326 e. The molecule has 20 heavy (non-hydrogen) atoms. The van der Waals surface area contributed by atoms with Crippen molar-refractivity contribution in [1.82, 2.24) is 4.31 Å². The predicted molar refractivity (Wildman–Crippen MR) is 83.0 cm³/mol. The summed E-state index contributed by atoms with van der Waals surface area (Å²) in [6.45, 7) is 8.23. The smallest absolute Gasteiger partial charge is 0.243 e. The fourth-order valence-electron chi connectivity index (χ4n) is 2.00. The van der Waals surface area contributed by atoms with Crippen LogP contribution in [-0.2, 0) is 23.0 Å². The first-order valence-electron chi connectivity index (χ1n) is 7.01. The number of nitrogens with zero attached hydrogens (tertiary/aromatic N) is 1. The van der Waals surface area contributed by atoms with E-state index in [1.807, 2.05) is 33.8 Å². The summed E-state index contributed by atoms with van der Waals surface area (Å²) in [5, 5.41) is 0. The Hall–Kier alpha value is -0.910. The van der Waals surface area contributed by atoms with E-state index < -0.39 is 15.6 Å². The molecular weight excluding hydrogens is 272 g/mol. The lowest BCUT2D eigenvalue weighted by molar-refractivity contribution is 0.257. The Kier molecular flexibility index (Phi) is 5.35. The molecule has 114 valence electrons. The maximum Gasteiger partial charge on any atom is 0.243 e. The molecule has 2 N–H and O–H groups in total. The van der Waals surface area contributed by atoms with Crippen molar-refractivity contribution in [1.29, 1.82) is 0 Å². The van der Waals surface area contributed by atoms with Crippen molar-refractivity contribution in [3.8, 4) is 0 Å². The average molecular weight is 298 g/mol. The zero-order valence-electron chi connectivity index (χ0n) is 13.1. The molecule has 0 saturated heterocycles. The molecule has 0 aliphatic carbocycles. The minimum atomic E-state index is -3.49. The van der Waals surface area contributed by atoms with Crippen LogP contribution >= 0.6 is 0 Å². The maximum absolute atomic E-state index is 12.7. The molecule has 0 spiro atoms. The van der Waals surface area contributed by atoms with Gasteiger partial charge in [0.1, 0.15) is 0 Å². The molecule has 1 rings (SSSR count). The van der Waals surface area contributed by atoms with Gasteiger partial charge >= 0.3 is 0 Å². The van der Waals surface area contributed by atoms with Crippen LogP contribution in [0.5, 0.6) is 0 Å². The number of sulfonamides is 1. The highest BCUT2D eigenvalue weighted by Crippen LogP contribution is 2.26. The summed E-state index contributed by atoms with van der Waals surface area (Å²) in [4.78, 5) is 0.319. The van der Waals surface area contributed by atoms with Gasteiger partial charge < -0.3 is 5.73 Å². The molecule has 5 heteroatoms. The molecule has 0 radical (unpaired) electrons. The monoisotopic (exact) mass is 298 g/mol. The Morgan fingerprint density at radius 3 is 2.25 bits per heavy atom. The van der Waals surface area contributed by atoms with E-state index in [0.717, 1.165) is 24.0 Å². The minimum absolute atomic E-state index is 0.319. The van der Waals surface area contributed by atoms with Gasteiger partial charge in [-0.2, -0.15) is 4.31 Å². The first kappa shape index (κ1) is 17.1. The number of nitrogens with two attached hydrogens (primary N) is 1. The Labute approximate surface area is 123 Å². The predicted octanol–water partition coefficient (Wildman–Crippen LogP) is 2.52. The number of rotatable bonds is 6. The van der Waals surface area contributed by atoms with Crippen LogP contribution in [0, 0.1) is 0 Å². The zero-order chi connectivity index (χ0) is 15.6. The molecule has 0 saturated carbocycles. The van der Waals surface area contributed by atoms with Gasteiger partial charge in [-0.25, -0.2) is 8.42 Å². The molecule has 0 aliphatic heterocycles. The largest absolute Gasteiger partial charge is 0.326 e. The average Bonchev–Trinajstić information content (AvgIpc) is 2.45. The Balaban J connectivity index is 3.29. The molecule has 0 fully saturated rings. The maximum atomic E-state index is 12.7. The van der Waals surface area contributed by atoms with Crippen molar-refractivity contribution in [2.45, 2.75) is 57.5 Å². The van der Waals surface area contributed by atoms with Crippen LogP contribution in [0.3, 0.4) is 0 Å². The highest BCUT2D eigenvalue weighted by Gasteiger charge is 2.32. The highest BCUT2D eigenvalue weighted by molar-refractivity contribution is 7.89. The molecule has 0 bridgehead atoms. The second-order valence-corrected chi connectivity index (χ2v) is 7.60. The quantitative estimate of drug-likeness (QED) is 0.877. The molecule has 4 nitrogen and oxygen atoms in total. The van der Waals surface area contributed by atoms with E-state index in [2.05, 4.69) is 0 Å². The first-order chi connectivity index (χ1) is 9.20. The van der Waals surface area contributed by atoms with Gasteiger partial charge in [0.25, 0.3) is 0 Å². The Morgan fingerprint density at radius 2 is 1.80 bits per heavy atom. The third kappa shape index (κ3) is 3.22. The lowest BCUT2D eigenvalue weighted by Crippen LogP contribution is -2.44. The zero-order valence-corrected chi connectivity index (χ0v) is 13.9. The van der Waals surface area contributed by atoms with E-state index in [0.29, 0.717) is 11.4 Å². The number of hydrogen-bond donors (Lipinski definition) is 1. The van der Waals surface area contributed by atoms with Gasteiger partial charge in [0.15, 0.2) is 0 Å². The summed E-state index contributed by atoms with van der Waals surface area (Å²) in [5.41, 5.74) is 7.31. The van der Waals surface area contributed by atoms with Gasteiger partial charge in [-0.3, -0.25) is 0 Å². The normalized spacial score (nSPS) is 12.9. The lowest BCUT2D eigenvalue weighted by atomic mass is 10.0. The van der Waals surface area contributed by atoms with Gasteiger partial charge in [0.2, 0.25) is 10.0 Å². The van der Waals surface area contributed by atoms with Crippen LogP contribution in [-0.4, -0.2) is 25.3 Å². The molecule has 0 amide bonds. The summed E-state index contributed by atoms with van der Waals surface area (Å²) < 4.78 is 26.8. The Morgan fingerprint density at radius 1 is 1.20 bits per heavy atom. The second-order valence-electron chi connectivity index (χ2n) is 5.63. The van der Waals surface area contributed by atoms with Crippen LogP contribution in [0.25, 0.3) is 0 Å². The number of hydrogen-bond acceptors (Lipinski definition) is 3. The van der Waals surface area contributed by atoms with Gasteiger partial charge in [-0.15, -0.1) is 0 Å². The summed E-state index contributed by atoms with van der Waals surface area (Å²) in [7, 11) is -1.85. The molecule has 0 aromatic heterocycles. The van der Waals surface area contributed by atoms with Crippen molar-refractivity contribution in [3.05, 3.63) is 29.3 Å². The third-order valence-corrected chi connectivity index (χ3v) is 6.22. The molecule has 0 heterocycles. The fourth-order valence-corrected chi connectivity index (χ4v) is 3.63. The summed E-state index contributed by atoms with van der Waals surface area (Å²) in [5.74, 6) is 0. The fraction of sp³-hybridized carbons (Fsp3) is 0.600. The van der Waals surface area contributed by atoms with Crippen LogP contribution in [0.2, 0.25) is 0 Å². The number of benzene rings is 1. The molecule has 1 aromatic carbocycles. The topological polar surface area (TPSA) is 63.4 Å². The van der Waals surface area contributed by atoms with Crippen LogP contribution in [0.4, 0.5) is 0 Å². The molecular formula is C15H26N2O2S. The van der Waals surface area contributed by atoms with Crippen molar-refractivity contribution in [2.75, 3.05) is 7.05 Å². The van der Waals surface area contributed by atoms with E-state index in [1.54, 1.807) is 19.2 Å². The van der Waals surface area contributed by atoms with E-state index in [1.165, 1.54) is 4.31 Å². The second kappa shape index (κ2) is 6.24. The van der Waals surface area contributed by atoms with Crippen molar-refractivity contribution in [3.63, 3.8) is 0 Å². The van der Waals surface area contributed by atoms with Gasteiger partial charge in [-0.1, -0.05) is 19.9 Å². The first-order valence-corrected chi connectivity index (χ1v) is 8.45.